The molecule has 0 fully saturated rings. The molecule has 0 aliphatic carbocycles. The molecular formula is C28H28N2S. The fraction of sp³-hybridized carbons (Fsp3) is 0.250. The monoisotopic (exact) mass is 424 g/mol. The van der Waals surface area contributed by atoms with Crippen LogP contribution in [0.1, 0.15) is 36.1 Å². The highest BCUT2D eigenvalue weighted by atomic mass is 32.1. The lowest BCUT2D eigenvalue weighted by Crippen LogP contribution is -2.03. The first-order valence-electron chi connectivity index (χ1n) is 11.0. The van der Waals surface area contributed by atoms with E-state index in [2.05, 4.69) is 99.2 Å². The Balaban J connectivity index is 1.78. The number of hydrogen-bond donors (Lipinski definition) is 0. The van der Waals surface area contributed by atoms with Gasteiger partial charge in [-0.2, -0.15) is 0 Å². The summed E-state index contributed by atoms with van der Waals surface area (Å²) in [5.74, 6) is 1.69. The minimum atomic E-state index is 0.661. The van der Waals surface area contributed by atoms with Crippen LogP contribution in [-0.4, -0.2) is 9.55 Å². The fourth-order valence-corrected chi connectivity index (χ4v) is 5.80. The molecule has 2 nitrogen and oxygen atoms in total. The van der Waals surface area contributed by atoms with Crippen LogP contribution in [0, 0.1) is 26.7 Å². The molecule has 0 N–H and O–H groups in total. The lowest BCUT2D eigenvalue weighted by molar-refractivity contribution is 0.648. The predicted octanol–water partition coefficient (Wildman–Crippen LogP) is 8.03. The predicted molar refractivity (Wildman–Crippen MR) is 135 cm³/mol. The van der Waals surface area contributed by atoms with Crippen LogP contribution in [0.25, 0.3) is 38.2 Å². The molecule has 5 aromatic rings. The van der Waals surface area contributed by atoms with E-state index < -0.39 is 0 Å². The van der Waals surface area contributed by atoms with Crippen molar-refractivity contribution in [1.82, 2.24) is 9.55 Å². The normalized spacial score (nSPS) is 11.8. The molecule has 2 aromatic heterocycles. The van der Waals surface area contributed by atoms with Crippen LogP contribution in [0.15, 0.2) is 60.0 Å². The highest BCUT2D eigenvalue weighted by molar-refractivity contribution is 7.17. The number of hydrogen-bond acceptors (Lipinski definition) is 2. The van der Waals surface area contributed by atoms with Crippen LogP contribution < -0.4 is 0 Å². The van der Waals surface area contributed by atoms with Gasteiger partial charge < -0.3 is 0 Å². The molecule has 0 bridgehead atoms. The molecule has 2 heterocycles. The third-order valence-electron chi connectivity index (χ3n) is 5.94. The molecule has 0 radical (unpaired) electrons. The average molecular weight is 425 g/mol. The number of imidazole rings is 1. The number of rotatable bonds is 4. The average Bonchev–Trinajstić information content (AvgIpc) is 3.28. The van der Waals surface area contributed by atoms with Gasteiger partial charge in [-0.15, -0.1) is 11.3 Å². The Morgan fingerprint density at radius 1 is 0.935 bits per heavy atom. The van der Waals surface area contributed by atoms with E-state index in [-0.39, 0.29) is 0 Å². The molecule has 0 unspecified atom stereocenters. The van der Waals surface area contributed by atoms with Crippen molar-refractivity contribution in [3.8, 4) is 17.1 Å². The van der Waals surface area contributed by atoms with Gasteiger partial charge >= 0.3 is 0 Å². The summed E-state index contributed by atoms with van der Waals surface area (Å²) in [6.45, 7) is 11.1. The molecule has 3 aromatic carbocycles. The van der Waals surface area contributed by atoms with E-state index in [4.69, 9.17) is 4.98 Å². The number of thiophene rings is 1. The molecule has 0 amide bonds. The van der Waals surface area contributed by atoms with Crippen LogP contribution >= 0.6 is 11.3 Å². The van der Waals surface area contributed by atoms with E-state index in [0.717, 1.165) is 23.3 Å². The van der Waals surface area contributed by atoms with Crippen LogP contribution in [0.4, 0.5) is 0 Å². The summed E-state index contributed by atoms with van der Waals surface area (Å²) < 4.78 is 3.70. The molecule has 0 aliphatic rings. The summed E-state index contributed by atoms with van der Waals surface area (Å²) in [5, 5.41) is 3.57. The second-order valence-electron chi connectivity index (χ2n) is 9.08. The molecule has 5 rings (SSSR count). The van der Waals surface area contributed by atoms with E-state index in [1.54, 1.807) is 0 Å². The van der Waals surface area contributed by atoms with Gasteiger partial charge in [-0.3, -0.25) is 4.57 Å². The summed E-state index contributed by atoms with van der Waals surface area (Å²) >= 11 is 1.82. The Labute approximate surface area is 188 Å². The minimum absolute atomic E-state index is 0.661. The highest BCUT2D eigenvalue weighted by Crippen LogP contribution is 2.38. The van der Waals surface area contributed by atoms with E-state index in [1.807, 2.05) is 11.3 Å². The van der Waals surface area contributed by atoms with Crippen LogP contribution in [0.2, 0.25) is 0 Å². The first kappa shape index (κ1) is 20.0. The zero-order valence-corrected chi connectivity index (χ0v) is 19.7. The molecule has 156 valence electrons. The van der Waals surface area contributed by atoms with Crippen LogP contribution in [-0.2, 0) is 6.42 Å². The summed E-state index contributed by atoms with van der Waals surface area (Å²) in [5.41, 5.74) is 9.91. The Hall–Kier alpha value is -2.91. The maximum Gasteiger partial charge on any atom is 0.147 e. The van der Waals surface area contributed by atoms with E-state index in [9.17, 15) is 0 Å². The Morgan fingerprint density at radius 3 is 2.42 bits per heavy atom. The van der Waals surface area contributed by atoms with E-state index >= 15 is 0 Å². The Morgan fingerprint density at radius 2 is 1.68 bits per heavy atom. The second kappa shape index (κ2) is 7.65. The summed E-state index contributed by atoms with van der Waals surface area (Å²) in [7, 11) is 0. The van der Waals surface area contributed by atoms with Gasteiger partial charge in [0.1, 0.15) is 5.82 Å². The van der Waals surface area contributed by atoms with Crippen molar-refractivity contribution < 1.29 is 0 Å². The minimum Gasteiger partial charge on any atom is -0.292 e. The SMILES string of the molecule is Cc1cc(C)c(-n2c(-c3csc4cc(CC(C)C)ccc34)nc3ccccc32)c(C)c1. The van der Waals surface area contributed by atoms with Crippen molar-refractivity contribution in [3.05, 3.63) is 82.2 Å². The third-order valence-corrected chi connectivity index (χ3v) is 6.89. The van der Waals surface area contributed by atoms with Crippen molar-refractivity contribution in [3.63, 3.8) is 0 Å². The number of fused-ring (bicyclic) bond motifs is 2. The van der Waals surface area contributed by atoms with Gasteiger partial charge in [0.25, 0.3) is 0 Å². The quantitative estimate of drug-likeness (QED) is 0.285. The molecule has 0 atom stereocenters. The summed E-state index contributed by atoms with van der Waals surface area (Å²) in [4.78, 5) is 5.13. The maximum absolute atomic E-state index is 5.13. The second-order valence-corrected chi connectivity index (χ2v) is 10.00. The van der Waals surface area contributed by atoms with Crippen molar-refractivity contribution in [1.29, 1.82) is 0 Å². The van der Waals surface area contributed by atoms with Crippen molar-refractivity contribution in [2.45, 2.75) is 41.0 Å². The summed E-state index contributed by atoms with van der Waals surface area (Å²) in [6.07, 6.45) is 1.11. The number of nitrogens with zero attached hydrogens (tertiary/aromatic N) is 2. The largest absolute Gasteiger partial charge is 0.292 e. The maximum atomic E-state index is 5.13. The number of aryl methyl sites for hydroxylation is 3. The Kier molecular flexibility index (Phi) is 4.94. The molecule has 0 saturated heterocycles. The first-order chi connectivity index (χ1) is 14.9. The lowest BCUT2D eigenvalue weighted by Gasteiger charge is -2.16. The molecule has 0 saturated carbocycles. The van der Waals surface area contributed by atoms with Gasteiger partial charge in [0.2, 0.25) is 0 Å². The van der Waals surface area contributed by atoms with Gasteiger partial charge in [-0.05, 0) is 68.0 Å². The molecule has 31 heavy (non-hydrogen) atoms. The molecule has 0 aliphatic heterocycles. The van der Waals surface area contributed by atoms with Crippen molar-refractivity contribution in [2.75, 3.05) is 0 Å². The van der Waals surface area contributed by atoms with Gasteiger partial charge in [-0.25, -0.2) is 4.98 Å². The lowest BCUT2D eigenvalue weighted by atomic mass is 10.0. The highest BCUT2D eigenvalue weighted by Gasteiger charge is 2.20. The van der Waals surface area contributed by atoms with Gasteiger partial charge in [-0.1, -0.05) is 55.8 Å². The zero-order valence-electron chi connectivity index (χ0n) is 18.9. The summed E-state index contributed by atoms with van der Waals surface area (Å²) in [6, 6.07) is 19.9. The van der Waals surface area contributed by atoms with Crippen LogP contribution in [0.3, 0.4) is 0 Å². The van der Waals surface area contributed by atoms with Crippen molar-refractivity contribution >= 4 is 32.5 Å². The van der Waals surface area contributed by atoms with E-state index in [1.165, 1.54) is 43.6 Å². The topological polar surface area (TPSA) is 17.8 Å². The van der Waals surface area contributed by atoms with E-state index in [0.29, 0.717) is 5.92 Å². The van der Waals surface area contributed by atoms with Gasteiger partial charge in [0, 0.05) is 21.0 Å². The standard InChI is InChI=1S/C28H28N2S/c1-17(2)12-21-10-11-22-23(16-31-26(22)15-21)28-29-24-8-6-7-9-25(24)30(28)27-19(4)13-18(3)14-20(27)5/h6-11,13-17H,12H2,1-5H3. The van der Waals surface area contributed by atoms with Crippen LogP contribution in [0.5, 0.6) is 0 Å². The number of benzene rings is 3. The molecule has 3 heteroatoms. The number of aromatic nitrogens is 2. The van der Waals surface area contributed by atoms with Gasteiger partial charge in [0.15, 0.2) is 0 Å². The van der Waals surface area contributed by atoms with Crippen molar-refractivity contribution in [2.24, 2.45) is 5.92 Å². The Bertz CT molecular complexity index is 1400. The third kappa shape index (κ3) is 3.47. The molecule has 0 spiro atoms. The smallest absolute Gasteiger partial charge is 0.147 e. The first-order valence-corrected chi connectivity index (χ1v) is 11.9. The van der Waals surface area contributed by atoms with Gasteiger partial charge in [0.05, 0.1) is 16.7 Å². The zero-order chi connectivity index (χ0) is 21.7. The molecular weight excluding hydrogens is 396 g/mol. The number of para-hydroxylation sites is 2. The fourth-order valence-electron chi connectivity index (χ4n) is 4.80.